The molecule has 0 saturated heterocycles. The zero-order chi connectivity index (χ0) is 27.4. The number of aryl methyl sites for hydroxylation is 1. The quantitative estimate of drug-likeness (QED) is 0.266. The van der Waals surface area contributed by atoms with Crippen LogP contribution in [0, 0.1) is 6.92 Å². The van der Waals surface area contributed by atoms with Gasteiger partial charge >= 0.3 is 5.97 Å². The molecular weight excluding hydrogens is 498 g/mol. The third kappa shape index (κ3) is 5.86. The lowest BCUT2D eigenvalue weighted by Crippen LogP contribution is -2.28. The SMILES string of the molecule is Cc1c(C(=O)OCCc2ccccc2)sc2ncn(CC(=O)Nc3c(C(C)C)cccc3C(C)C)c(=O)c12. The second-order valence-corrected chi connectivity index (χ2v) is 11.0. The maximum absolute atomic E-state index is 13.3. The van der Waals surface area contributed by atoms with E-state index in [0.717, 1.165) is 33.7 Å². The zero-order valence-electron chi connectivity index (χ0n) is 22.4. The number of nitrogens with one attached hydrogen (secondary N) is 1. The highest BCUT2D eigenvalue weighted by atomic mass is 32.1. The first-order valence-electron chi connectivity index (χ1n) is 12.8. The number of fused-ring (bicyclic) bond motifs is 1. The van der Waals surface area contributed by atoms with Crippen molar-refractivity contribution >= 4 is 39.1 Å². The summed E-state index contributed by atoms with van der Waals surface area (Å²) in [6.45, 7) is 10.1. The van der Waals surface area contributed by atoms with Gasteiger partial charge in [-0.05, 0) is 41.0 Å². The van der Waals surface area contributed by atoms with Crippen molar-refractivity contribution in [3.63, 3.8) is 0 Å². The van der Waals surface area contributed by atoms with E-state index >= 15 is 0 Å². The summed E-state index contributed by atoms with van der Waals surface area (Å²) in [7, 11) is 0. The molecule has 2 heterocycles. The monoisotopic (exact) mass is 531 g/mol. The van der Waals surface area contributed by atoms with E-state index in [-0.39, 0.29) is 36.5 Å². The molecule has 4 rings (SSSR count). The van der Waals surface area contributed by atoms with Crippen LogP contribution < -0.4 is 10.9 Å². The number of aromatic nitrogens is 2. The van der Waals surface area contributed by atoms with Crippen molar-refractivity contribution < 1.29 is 14.3 Å². The van der Waals surface area contributed by atoms with Crippen LogP contribution >= 0.6 is 11.3 Å². The number of rotatable bonds is 9. The number of hydrogen-bond acceptors (Lipinski definition) is 6. The smallest absolute Gasteiger partial charge is 0.348 e. The third-order valence-corrected chi connectivity index (χ3v) is 7.70. The molecule has 4 aromatic rings. The molecule has 0 fully saturated rings. The van der Waals surface area contributed by atoms with Gasteiger partial charge in [-0.25, -0.2) is 9.78 Å². The van der Waals surface area contributed by atoms with Crippen LogP contribution in [0.15, 0.2) is 59.7 Å². The van der Waals surface area contributed by atoms with Gasteiger partial charge in [0.15, 0.2) is 0 Å². The highest BCUT2D eigenvalue weighted by Crippen LogP contribution is 2.32. The van der Waals surface area contributed by atoms with Gasteiger partial charge in [0, 0.05) is 12.1 Å². The van der Waals surface area contributed by atoms with E-state index in [4.69, 9.17) is 4.74 Å². The van der Waals surface area contributed by atoms with Gasteiger partial charge in [-0.3, -0.25) is 14.2 Å². The Bertz CT molecular complexity index is 1490. The molecule has 0 aliphatic heterocycles. The van der Waals surface area contributed by atoms with Crippen LogP contribution in [0.1, 0.15) is 71.5 Å². The minimum atomic E-state index is -0.475. The molecule has 0 atom stereocenters. The van der Waals surface area contributed by atoms with E-state index in [1.165, 1.54) is 10.9 Å². The van der Waals surface area contributed by atoms with Crippen molar-refractivity contribution in [1.82, 2.24) is 9.55 Å². The van der Waals surface area contributed by atoms with E-state index < -0.39 is 5.97 Å². The standard InChI is InChI=1S/C30H33N3O4S/c1-18(2)22-12-9-13-23(19(3)4)26(22)32-24(34)16-33-17-31-28-25(29(33)35)20(5)27(38-28)30(36)37-15-14-21-10-7-6-8-11-21/h6-13,17-19H,14-16H2,1-5H3,(H,32,34). The topological polar surface area (TPSA) is 90.3 Å². The molecular formula is C30H33N3O4S. The van der Waals surface area contributed by atoms with Crippen molar-refractivity contribution in [1.29, 1.82) is 0 Å². The molecule has 1 amide bonds. The van der Waals surface area contributed by atoms with Crippen molar-refractivity contribution in [2.24, 2.45) is 0 Å². The van der Waals surface area contributed by atoms with Gasteiger partial charge < -0.3 is 10.1 Å². The number of esters is 1. The van der Waals surface area contributed by atoms with Crippen molar-refractivity contribution in [2.45, 2.75) is 59.4 Å². The predicted molar refractivity (Wildman–Crippen MR) is 152 cm³/mol. The fourth-order valence-corrected chi connectivity index (χ4v) is 5.50. The molecule has 0 unspecified atom stereocenters. The van der Waals surface area contributed by atoms with Crippen LogP contribution in [-0.2, 0) is 22.5 Å². The number of ether oxygens (including phenoxy) is 1. The zero-order valence-corrected chi connectivity index (χ0v) is 23.2. The molecule has 0 spiro atoms. The first kappa shape index (κ1) is 27.3. The molecule has 2 aromatic heterocycles. The lowest BCUT2D eigenvalue weighted by Gasteiger charge is -2.20. The summed E-state index contributed by atoms with van der Waals surface area (Å²) < 4.78 is 6.76. The molecule has 0 aliphatic rings. The maximum atomic E-state index is 13.3. The number of nitrogens with zero attached hydrogens (tertiary/aromatic N) is 2. The Morgan fingerprint density at radius 3 is 2.29 bits per heavy atom. The van der Waals surface area contributed by atoms with Gasteiger partial charge in [0.05, 0.1) is 18.3 Å². The van der Waals surface area contributed by atoms with Gasteiger partial charge in [-0.1, -0.05) is 76.2 Å². The van der Waals surface area contributed by atoms with Gasteiger partial charge in [0.1, 0.15) is 16.3 Å². The summed E-state index contributed by atoms with van der Waals surface area (Å²) in [5.74, 6) is -0.332. The van der Waals surface area contributed by atoms with Crippen LogP contribution in [0.3, 0.4) is 0 Å². The minimum Gasteiger partial charge on any atom is -0.461 e. The number of carbonyl (C=O) groups excluding carboxylic acids is 2. The van der Waals surface area contributed by atoms with E-state index in [1.54, 1.807) is 6.92 Å². The normalized spacial score (nSPS) is 11.3. The molecule has 0 radical (unpaired) electrons. The Morgan fingerprint density at radius 2 is 1.66 bits per heavy atom. The molecule has 7 nitrogen and oxygen atoms in total. The Balaban J connectivity index is 1.53. The highest BCUT2D eigenvalue weighted by molar-refractivity contribution is 7.20. The van der Waals surface area contributed by atoms with Crippen LogP contribution in [-0.4, -0.2) is 28.0 Å². The Hall–Kier alpha value is -3.78. The van der Waals surface area contributed by atoms with Crippen molar-refractivity contribution in [3.8, 4) is 0 Å². The predicted octanol–water partition coefficient (Wildman–Crippen LogP) is 6.05. The second kappa shape index (κ2) is 11.7. The molecule has 8 heteroatoms. The van der Waals surface area contributed by atoms with Crippen molar-refractivity contribution in [3.05, 3.63) is 92.3 Å². The van der Waals surface area contributed by atoms with Crippen LogP contribution in [0.2, 0.25) is 0 Å². The molecule has 0 aliphatic carbocycles. The number of anilines is 1. The average Bonchev–Trinajstić information content (AvgIpc) is 3.23. The molecule has 2 aromatic carbocycles. The number of hydrogen-bond donors (Lipinski definition) is 1. The van der Waals surface area contributed by atoms with Gasteiger partial charge in [0.2, 0.25) is 5.91 Å². The number of thiophene rings is 1. The highest BCUT2D eigenvalue weighted by Gasteiger charge is 2.22. The summed E-state index contributed by atoms with van der Waals surface area (Å²) in [6, 6.07) is 15.8. The van der Waals surface area contributed by atoms with Gasteiger partial charge in [-0.2, -0.15) is 0 Å². The molecule has 0 saturated carbocycles. The average molecular weight is 532 g/mol. The molecule has 198 valence electrons. The lowest BCUT2D eigenvalue weighted by molar-refractivity contribution is -0.116. The largest absolute Gasteiger partial charge is 0.461 e. The van der Waals surface area contributed by atoms with E-state index in [1.807, 2.05) is 48.5 Å². The fraction of sp³-hybridized carbons (Fsp3) is 0.333. The number of carbonyl (C=O) groups is 2. The van der Waals surface area contributed by atoms with Crippen molar-refractivity contribution in [2.75, 3.05) is 11.9 Å². The van der Waals surface area contributed by atoms with E-state index in [2.05, 4.69) is 38.0 Å². The summed E-state index contributed by atoms with van der Waals surface area (Å²) >= 11 is 1.13. The minimum absolute atomic E-state index is 0.183. The van der Waals surface area contributed by atoms with E-state index in [0.29, 0.717) is 27.1 Å². The molecule has 38 heavy (non-hydrogen) atoms. The van der Waals surface area contributed by atoms with Crippen LogP contribution in [0.5, 0.6) is 0 Å². The fourth-order valence-electron chi connectivity index (χ4n) is 4.47. The van der Waals surface area contributed by atoms with Gasteiger partial charge in [-0.15, -0.1) is 11.3 Å². The number of benzene rings is 2. The number of para-hydroxylation sites is 1. The van der Waals surface area contributed by atoms with Crippen LogP contribution in [0.4, 0.5) is 5.69 Å². The number of amides is 1. The second-order valence-electron chi connectivity index (χ2n) is 9.95. The summed E-state index contributed by atoms with van der Waals surface area (Å²) in [5.41, 5.74) is 4.14. The first-order chi connectivity index (χ1) is 18.2. The Kier molecular flexibility index (Phi) is 8.42. The van der Waals surface area contributed by atoms with Crippen LogP contribution in [0.25, 0.3) is 10.2 Å². The third-order valence-electron chi connectivity index (χ3n) is 6.52. The molecule has 1 N–H and O–H groups in total. The Morgan fingerprint density at radius 1 is 1.00 bits per heavy atom. The summed E-state index contributed by atoms with van der Waals surface area (Å²) in [4.78, 5) is 44.4. The summed E-state index contributed by atoms with van der Waals surface area (Å²) in [5, 5.41) is 3.38. The Labute approximate surface area is 226 Å². The molecule has 0 bridgehead atoms. The summed E-state index contributed by atoms with van der Waals surface area (Å²) in [6.07, 6.45) is 1.97. The van der Waals surface area contributed by atoms with E-state index in [9.17, 15) is 14.4 Å². The van der Waals surface area contributed by atoms with Gasteiger partial charge in [0.25, 0.3) is 5.56 Å². The first-order valence-corrected chi connectivity index (χ1v) is 13.6. The maximum Gasteiger partial charge on any atom is 0.348 e. The lowest BCUT2D eigenvalue weighted by atomic mass is 9.92.